The number of hydrogen-bond donors (Lipinski definition) is 0. The van der Waals surface area contributed by atoms with Gasteiger partial charge in [0, 0.05) is 13.1 Å². The summed E-state index contributed by atoms with van der Waals surface area (Å²) in [7, 11) is 0. The summed E-state index contributed by atoms with van der Waals surface area (Å²) in [6.07, 6.45) is 0.993. The molecule has 4 rings (SSSR count). The van der Waals surface area contributed by atoms with Gasteiger partial charge in [-0.05, 0) is 35.7 Å². The first-order valence-corrected chi connectivity index (χ1v) is 8.55. The van der Waals surface area contributed by atoms with Gasteiger partial charge in [0.15, 0.2) is 0 Å². The Morgan fingerprint density at radius 3 is 2.60 bits per heavy atom. The number of rotatable bonds is 2. The molecule has 0 radical (unpaired) electrons. The first-order chi connectivity index (χ1) is 12.0. The third-order valence-electron chi connectivity index (χ3n) is 4.89. The van der Waals surface area contributed by atoms with Crippen LogP contribution in [0.1, 0.15) is 17.5 Å². The number of nitrogens with zero attached hydrogens (tertiary/aromatic N) is 2. The normalized spacial score (nSPS) is 20.9. The second-order valence-corrected chi connectivity index (χ2v) is 6.78. The summed E-state index contributed by atoms with van der Waals surface area (Å²) in [5, 5.41) is -0.103. The molecule has 2 amide bonds. The number of carbonyl (C=O) groups is 2. The number of amides is 2. The lowest BCUT2D eigenvalue weighted by Crippen LogP contribution is -2.44. The predicted octanol–water partition coefficient (Wildman–Crippen LogP) is 3.17. The van der Waals surface area contributed by atoms with Crippen molar-refractivity contribution in [2.45, 2.75) is 25.4 Å². The standard InChI is InChI=1S/C19H16ClFN2O2/c20-15-9-14(5-6-16(15)21)23-18(24)10-17(19(23)25)22-8-7-12-3-1-2-4-13(12)11-22/h1-6,9,17H,7-8,10-11H2/t17-/m1/s1. The van der Waals surface area contributed by atoms with Gasteiger partial charge in [-0.2, -0.15) is 0 Å². The van der Waals surface area contributed by atoms with E-state index in [0.717, 1.165) is 17.9 Å². The summed E-state index contributed by atoms with van der Waals surface area (Å²) in [6.45, 7) is 1.39. The smallest absolute Gasteiger partial charge is 0.251 e. The van der Waals surface area contributed by atoms with E-state index in [1.807, 2.05) is 17.0 Å². The van der Waals surface area contributed by atoms with E-state index in [-0.39, 0.29) is 23.3 Å². The molecule has 0 bridgehead atoms. The highest BCUT2D eigenvalue weighted by molar-refractivity contribution is 6.31. The zero-order valence-electron chi connectivity index (χ0n) is 13.4. The maximum absolute atomic E-state index is 13.4. The Morgan fingerprint density at radius 1 is 1.08 bits per heavy atom. The van der Waals surface area contributed by atoms with Crippen LogP contribution < -0.4 is 4.90 Å². The fraction of sp³-hybridized carbons (Fsp3) is 0.263. The summed E-state index contributed by atoms with van der Waals surface area (Å²) in [6, 6.07) is 11.6. The largest absolute Gasteiger partial charge is 0.287 e. The van der Waals surface area contributed by atoms with Gasteiger partial charge in [0.05, 0.1) is 23.2 Å². The van der Waals surface area contributed by atoms with Gasteiger partial charge in [-0.25, -0.2) is 9.29 Å². The highest BCUT2D eigenvalue weighted by atomic mass is 35.5. The Balaban J connectivity index is 1.58. The summed E-state index contributed by atoms with van der Waals surface area (Å²) in [5.74, 6) is -1.13. The number of halogens is 2. The number of fused-ring (bicyclic) bond motifs is 1. The molecule has 2 aliphatic rings. The van der Waals surface area contributed by atoms with Crippen molar-refractivity contribution in [3.8, 4) is 0 Å². The predicted molar refractivity (Wildman–Crippen MR) is 92.9 cm³/mol. The molecule has 25 heavy (non-hydrogen) atoms. The van der Waals surface area contributed by atoms with Crippen LogP contribution in [0.4, 0.5) is 10.1 Å². The minimum atomic E-state index is -0.575. The minimum absolute atomic E-state index is 0.103. The maximum Gasteiger partial charge on any atom is 0.251 e. The molecule has 0 N–H and O–H groups in total. The van der Waals surface area contributed by atoms with Gasteiger partial charge in [0.2, 0.25) is 5.91 Å². The van der Waals surface area contributed by atoms with E-state index < -0.39 is 11.9 Å². The van der Waals surface area contributed by atoms with Crippen molar-refractivity contribution in [1.82, 2.24) is 4.90 Å². The average molecular weight is 359 g/mol. The fourth-order valence-corrected chi connectivity index (χ4v) is 3.75. The molecule has 1 saturated heterocycles. The molecule has 1 fully saturated rings. The van der Waals surface area contributed by atoms with E-state index >= 15 is 0 Å². The van der Waals surface area contributed by atoms with Crippen molar-refractivity contribution < 1.29 is 14.0 Å². The molecular weight excluding hydrogens is 343 g/mol. The van der Waals surface area contributed by atoms with Crippen molar-refractivity contribution in [3.63, 3.8) is 0 Å². The number of anilines is 1. The highest BCUT2D eigenvalue weighted by Gasteiger charge is 2.43. The lowest BCUT2D eigenvalue weighted by atomic mass is 9.98. The molecule has 2 aromatic rings. The van der Waals surface area contributed by atoms with Gasteiger partial charge in [-0.15, -0.1) is 0 Å². The summed E-state index contributed by atoms with van der Waals surface area (Å²) >= 11 is 5.79. The minimum Gasteiger partial charge on any atom is -0.287 e. The lowest BCUT2D eigenvalue weighted by molar-refractivity contribution is -0.123. The topological polar surface area (TPSA) is 40.6 Å². The van der Waals surface area contributed by atoms with Crippen LogP contribution in [0.25, 0.3) is 0 Å². The van der Waals surface area contributed by atoms with Crippen molar-refractivity contribution in [2.75, 3.05) is 11.4 Å². The van der Waals surface area contributed by atoms with Crippen LogP contribution in [-0.2, 0) is 22.6 Å². The SMILES string of the molecule is O=C1C[C@@H](N2CCc3ccccc3C2)C(=O)N1c1ccc(F)c(Cl)c1. The number of benzene rings is 2. The van der Waals surface area contributed by atoms with E-state index in [4.69, 9.17) is 11.6 Å². The van der Waals surface area contributed by atoms with Gasteiger partial charge in [-0.3, -0.25) is 14.5 Å². The molecule has 6 heteroatoms. The molecular formula is C19H16ClFN2O2. The highest BCUT2D eigenvalue weighted by Crippen LogP contribution is 2.31. The monoisotopic (exact) mass is 358 g/mol. The van der Waals surface area contributed by atoms with Crippen molar-refractivity contribution in [2.24, 2.45) is 0 Å². The number of imide groups is 1. The third kappa shape index (κ3) is 2.83. The summed E-state index contributed by atoms with van der Waals surface area (Å²) < 4.78 is 13.4. The molecule has 0 saturated carbocycles. The zero-order chi connectivity index (χ0) is 17.6. The Hall–Kier alpha value is -2.24. The summed E-state index contributed by atoms with van der Waals surface area (Å²) in [5.41, 5.74) is 2.80. The molecule has 1 atom stereocenters. The second kappa shape index (κ2) is 6.24. The van der Waals surface area contributed by atoms with Crippen LogP contribution in [-0.4, -0.2) is 29.3 Å². The van der Waals surface area contributed by atoms with Crippen LogP contribution >= 0.6 is 11.6 Å². The molecule has 2 aliphatic heterocycles. The van der Waals surface area contributed by atoms with Crippen LogP contribution in [0.15, 0.2) is 42.5 Å². The molecule has 128 valence electrons. The molecule has 0 unspecified atom stereocenters. The number of hydrogen-bond acceptors (Lipinski definition) is 3. The maximum atomic E-state index is 13.4. The Labute approximate surface area is 149 Å². The Bertz CT molecular complexity index is 870. The van der Waals surface area contributed by atoms with Gasteiger partial charge >= 0.3 is 0 Å². The first kappa shape index (κ1) is 16.2. The quantitative estimate of drug-likeness (QED) is 0.774. The molecule has 0 aromatic heterocycles. The zero-order valence-corrected chi connectivity index (χ0v) is 14.2. The molecule has 2 heterocycles. The third-order valence-corrected chi connectivity index (χ3v) is 5.17. The average Bonchev–Trinajstić information content (AvgIpc) is 2.91. The van der Waals surface area contributed by atoms with E-state index in [1.165, 1.54) is 29.3 Å². The van der Waals surface area contributed by atoms with Gasteiger partial charge in [0.1, 0.15) is 5.82 Å². The van der Waals surface area contributed by atoms with Crippen molar-refractivity contribution >= 4 is 29.1 Å². The van der Waals surface area contributed by atoms with Gasteiger partial charge < -0.3 is 0 Å². The van der Waals surface area contributed by atoms with Crippen LogP contribution in [0, 0.1) is 5.82 Å². The summed E-state index contributed by atoms with van der Waals surface area (Å²) in [4.78, 5) is 28.4. The van der Waals surface area contributed by atoms with Crippen LogP contribution in [0.5, 0.6) is 0 Å². The van der Waals surface area contributed by atoms with E-state index in [2.05, 4.69) is 12.1 Å². The van der Waals surface area contributed by atoms with Crippen LogP contribution in [0.2, 0.25) is 5.02 Å². The van der Waals surface area contributed by atoms with E-state index in [9.17, 15) is 14.0 Å². The molecule has 0 spiro atoms. The van der Waals surface area contributed by atoms with Crippen molar-refractivity contribution in [1.29, 1.82) is 0 Å². The van der Waals surface area contributed by atoms with Crippen LogP contribution in [0.3, 0.4) is 0 Å². The molecule has 4 nitrogen and oxygen atoms in total. The van der Waals surface area contributed by atoms with Gasteiger partial charge in [-0.1, -0.05) is 35.9 Å². The Morgan fingerprint density at radius 2 is 1.84 bits per heavy atom. The lowest BCUT2D eigenvalue weighted by Gasteiger charge is -2.32. The van der Waals surface area contributed by atoms with Gasteiger partial charge in [0.25, 0.3) is 5.91 Å². The molecule has 0 aliphatic carbocycles. The van der Waals surface area contributed by atoms with Crippen molar-refractivity contribution in [3.05, 3.63) is 64.4 Å². The first-order valence-electron chi connectivity index (χ1n) is 8.17. The molecule has 2 aromatic carbocycles. The van der Waals surface area contributed by atoms with E-state index in [0.29, 0.717) is 12.2 Å². The Kier molecular flexibility index (Phi) is 4.06. The van der Waals surface area contributed by atoms with E-state index in [1.54, 1.807) is 0 Å². The fourth-order valence-electron chi connectivity index (χ4n) is 3.58. The second-order valence-electron chi connectivity index (χ2n) is 6.37. The number of carbonyl (C=O) groups excluding carboxylic acids is 2.